The van der Waals surface area contributed by atoms with Gasteiger partial charge in [0, 0.05) is 49.9 Å². The van der Waals surface area contributed by atoms with Crippen LogP contribution in [0, 0.1) is 0 Å². The summed E-state index contributed by atoms with van der Waals surface area (Å²) < 4.78 is 7.48. The quantitative estimate of drug-likeness (QED) is 0.0314. The second kappa shape index (κ2) is 24.6. The number of nitrogens with one attached hydrogen (secondary N) is 6. The Hall–Kier alpha value is -0.750. The average molecular weight is 687 g/mol. The van der Waals surface area contributed by atoms with Crippen molar-refractivity contribution >= 4 is 79.8 Å². The van der Waals surface area contributed by atoms with Crippen LogP contribution in [0.25, 0.3) is 0 Å². The second-order valence-corrected chi connectivity index (χ2v) is 15.3. The van der Waals surface area contributed by atoms with Gasteiger partial charge < -0.3 is 20.9 Å². The van der Waals surface area contributed by atoms with E-state index in [0.717, 1.165) is 51.4 Å². The molecule has 0 aromatic carbocycles. The van der Waals surface area contributed by atoms with Gasteiger partial charge in [-0.15, -0.1) is 0 Å². The summed E-state index contributed by atoms with van der Waals surface area (Å²) in [5.41, 5.74) is 0. The monoisotopic (exact) mass is 686 g/mol. The first kappa shape index (κ1) is 37.4. The molecular weight excluding hydrogens is 635 g/mol. The number of rotatable bonds is 23. The highest BCUT2D eigenvalue weighted by Gasteiger charge is 2.24. The lowest BCUT2D eigenvalue weighted by molar-refractivity contribution is -0.125. The van der Waals surface area contributed by atoms with E-state index < -0.39 is 20.4 Å². The minimum absolute atomic E-state index is 0.0703. The molecule has 0 bridgehead atoms. The van der Waals surface area contributed by atoms with Crippen molar-refractivity contribution in [3.05, 3.63) is 0 Å². The molecule has 1 heterocycles. The fraction of sp³-hybridized carbons (Fsp3) is 0.846. The third-order valence-electron chi connectivity index (χ3n) is 7.17. The van der Waals surface area contributed by atoms with Gasteiger partial charge in [-0.25, -0.2) is 0 Å². The number of nitrogens with zero attached hydrogens (tertiary/aromatic N) is 1. The second-order valence-electron chi connectivity index (χ2n) is 10.4. The average Bonchev–Trinajstić information content (AvgIpc) is 2.98. The molecule has 1 rings (SSSR count). The van der Waals surface area contributed by atoms with Crippen molar-refractivity contribution in [1.29, 1.82) is 0 Å². The summed E-state index contributed by atoms with van der Waals surface area (Å²) in [6, 6.07) is -1.25. The Morgan fingerprint density at radius 1 is 0.905 bits per heavy atom. The fourth-order valence-corrected chi connectivity index (χ4v) is 5.98. The molecule has 0 aromatic rings. The highest BCUT2D eigenvalue weighted by molar-refractivity contribution is 8.46. The highest BCUT2D eigenvalue weighted by Crippen LogP contribution is 2.14. The van der Waals surface area contributed by atoms with Crippen LogP contribution in [0.2, 0.25) is 0 Å². The van der Waals surface area contributed by atoms with Crippen LogP contribution < -0.4 is 31.9 Å². The molecule has 4 atom stereocenters. The van der Waals surface area contributed by atoms with E-state index >= 15 is 0 Å². The van der Waals surface area contributed by atoms with E-state index in [4.69, 9.17) is 23.7 Å². The van der Waals surface area contributed by atoms with Crippen molar-refractivity contribution in [3.63, 3.8) is 0 Å². The lowest BCUT2D eigenvalue weighted by atomic mass is 10.0. The van der Waals surface area contributed by atoms with E-state index in [-0.39, 0.29) is 35.8 Å². The van der Waals surface area contributed by atoms with E-state index in [0.29, 0.717) is 56.7 Å². The van der Waals surface area contributed by atoms with Gasteiger partial charge >= 0.3 is 0 Å². The van der Waals surface area contributed by atoms with Crippen LogP contribution in [0.1, 0.15) is 72.5 Å². The molecule has 4 amide bonds. The van der Waals surface area contributed by atoms with Crippen molar-refractivity contribution in [2.45, 2.75) is 95.3 Å². The molecular formula is C26H51N7O4S5. The normalized spacial score (nSPS) is 17.7. The van der Waals surface area contributed by atoms with Crippen LogP contribution >= 0.6 is 25.3 Å². The molecule has 0 spiro atoms. The number of hydrogen-bond acceptors (Lipinski definition) is 11. The number of carbonyl (C=O) groups is 4. The number of likely N-dealkylation sites (tertiary alicyclic amines) is 1. The van der Waals surface area contributed by atoms with Gasteiger partial charge in [-0.1, -0.05) is 20.9 Å². The third kappa shape index (κ3) is 17.5. The third-order valence-corrected chi connectivity index (χ3v) is 8.75. The van der Waals surface area contributed by atoms with Crippen LogP contribution in [0.5, 0.6) is 0 Å². The molecule has 0 saturated carbocycles. The number of hydrogen-bond donors (Lipinski definition) is 9. The summed E-state index contributed by atoms with van der Waals surface area (Å²) >= 11 is 18.6. The first-order valence-electron chi connectivity index (χ1n) is 15.2. The molecule has 11 nitrogen and oxygen atoms in total. The predicted octanol–water partition coefficient (Wildman–Crippen LogP) is -0.0224. The van der Waals surface area contributed by atoms with Crippen molar-refractivity contribution < 1.29 is 20.5 Å². The largest absolute Gasteiger partial charge is 0.355 e. The molecule has 0 radical (unpaired) electrons. The zero-order valence-electron chi connectivity index (χ0n) is 25.6. The Labute approximate surface area is 275 Å². The zero-order chi connectivity index (χ0) is 32.0. The number of piperidine rings is 1. The minimum atomic E-state index is -1.04. The highest BCUT2D eigenvalue weighted by atomic mass is 33.1. The Morgan fingerprint density at radius 3 is 2.14 bits per heavy atom. The maximum atomic E-state index is 13.0. The summed E-state index contributed by atoms with van der Waals surface area (Å²) in [5, 5.41) is 18.1. The number of unbranched alkanes of at least 4 members (excludes halogenated alkanes) is 3. The van der Waals surface area contributed by atoms with Crippen molar-refractivity contribution in [2.75, 3.05) is 43.8 Å². The van der Waals surface area contributed by atoms with Gasteiger partial charge in [0.05, 0.1) is 18.1 Å². The smallest absolute Gasteiger partial charge is 0.237 e. The molecule has 244 valence electrons. The van der Waals surface area contributed by atoms with Crippen LogP contribution in [0.15, 0.2) is 0 Å². The number of carbonyl (C=O) groups excluding carboxylic acids is 4. The van der Waals surface area contributed by atoms with Crippen molar-refractivity contribution in [3.8, 4) is 0 Å². The molecule has 1 aliphatic heterocycles. The van der Waals surface area contributed by atoms with Crippen LogP contribution in [0.3, 0.4) is 0 Å². The summed E-state index contributed by atoms with van der Waals surface area (Å²) in [7, 11) is -1.04. The van der Waals surface area contributed by atoms with Gasteiger partial charge in [0.15, 0.2) is 0 Å². The predicted molar refractivity (Wildman–Crippen MR) is 184 cm³/mol. The first-order chi connectivity index (χ1) is 20.6. The Balaban J connectivity index is 2.38. The Kier molecular flexibility index (Phi) is 21.9. The van der Waals surface area contributed by atoms with E-state index in [1.165, 1.54) is 4.90 Å². The fourth-order valence-electron chi connectivity index (χ4n) is 4.67. The lowest BCUT2D eigenvalue weighted by Gasteiger charge is -2.33. The summed E-state index contributed by atoms with van der Waals surface area (Å²) in [5.74, 6) is 0.942. The van der Waals surface area contributed by atoms with E-state index in [2.05, 4.69) is 57.2 Å². The molecule has 6 N–H and O–H groups in total. The van der Waals surface area contributed by atoms with Crippen LogP contribution in [-0.4, -0.2) is 97.0 Å². The molecule has 1 aliphatic rings. The van der Waals surface area contributed by atoms with Gasteiger partial charge in [-0.3, -0.25) is 35.1 Å². The summed E-state index contributed by atoms with van der Waals surface area (Å²) in [6.45, 7) is 3.74. The van der Waals surface area contributed by atoms with Gasteiger partial charge in [0.25, 0.3) is 0 Å². The van der Waals surface area contributed by atoms with Crippen molar-refractivity contribution in [1.82, 2.24) is 36.8 Å². The van der Waals surface area contributed by atoms with E-state index in [9.17, 15) is 19.2 Å². The van der Waals surface area contributed by atoms with Crippen LogP contribution in [0.4, 0.5) is 0 Å². The maximum Gasteiger partial charge on any atom is 0.237 e. The molecule has 0 aromatic heterocycles. The number of amides is 4. The van der Waals surface area contributed by atoms with Gasteiger partial charge in [0.2, 0.25) is 24.1 Å². The van der Waals surface area contributed by atoms with E-state index in [1.807, 2.05) is 0 Å². The zero-order valence-corrected chi connectivity index (χ0v) is 28.9. The lowest BCUT2D eigenvalue weighted by Crippen LogP contribution is -2.50. The SMILES string of the molecule is [2H]C(=O)N1CCCCC1CNC(=O)[C@H](CCCCCNC(=O)[C@@H](CCCCNC(=O)[C@@H](C)NCS)NCS)NC[SH](=S)=S. The maximum absolute atomic E-state index is 13.0. The molecule has 42 heavy (non-hydrogen) atoms. The van der Waals surface area contributed by atoms with Crippen LogP contribution in [-0.2, 0) is 49.6 Å². The van der Waals surface area contributed by atoms with Gasteiger partial charge in [-0.05, 0) is 80.7 Å². The Morgan fingerprint density at radius 2 is 1.50 bits per heavy atom. The molecule has 0 aliphatic carbocycles. The molecule has 1 saturated heterocycles. The molecule has 1 unspecified atom stereocenters. The first-order valence-corrected chi connectivity index (χ1v) is 19.6. The van der Waals surface area contributed by atoms with Crippen molar-refractivity contribution in [2.24, 2.45) is 0 Å². The Bertz CT molecular complexity index is 926. The molecule has 1 fully saturated rings. The van der Waals surface area contributed by atoms with E-state index in [1.54, 1.807) is 6.92 Å². The minimum Gasteiger partial charge on any atom is -0.355 e. The summed E-state index contributed by atoms with van der Waals surface area (Å²) in [6.07, 6.45) is 7.08. The van der Waals surface area contributed by atoms with Gasteiger partial charge in [-0.2, -0.15) is 25.3 Å². The topological polar surface area (TPSA) is 144 Å². The number of thiol groups is 3. The molecule has 16 heteroatoms. The standard InChI is InChI=1S/C26H51N7O4S5/c1-20(30-16-38)24(35)27-13-7-4-11-22(31-17-39)25(36)28-12-6-2-3-10-23(32-18-42(40)41)26(37)29-15-21-9-5-8-14-33(21)19-34/h19-23,30-32,38-39,42H,2-18H2,1H3,(H,27,35)(H,28,36)(H,29,37)/t20-,21?,22-,23+/m1/s1/i19D. The summed E-state index contributed by atoms with van der Waals surface area (Å²) in [4.78, 5) is 50.8. The van der Waals surface area contributed by atoms with Gasteiger partial charge in [0.1, 0.15) is 1.37 Å².